The largest absolute Gasteiger partial charge is 0.464 e. The lowest BCUT2D eigenvalue weighted by Gasteiger charge is -2.30. The molecule has 0 bridgehead atoms. The Labute approximate surface area is 121 Å². The van der Waals surface area contributed by atoms with Crippen molar-refractivity contribution in [2.24, 2.45) is 0 Å². The van der Waals surface area contributed by atoms with E-state index < -0.39 is 5.97 Å². The normalized spacial score (nSPS) is 15.9. The molecule has 0 amide bonds. The lowest BCUT2D eigenvalue weighted by Crippen LogP contribution is -2.36. The van der Waals surface area contributed by atoms with Gasteiger partial charge in [0.25, 0.3) is 0 Å². The van der Waals surface area contributed by atoms with E-state index in [2.05, 4.69) is 9.72 Å². The number of rotatable bonds is 4. The van der Waals surface area contributed by atoms with Gasteiger partial charge in [0.05, 0.1) is 7.11 Å². The maximum atomic E-state index is 11.7. The van der Waals surface area contributed by atoms with E-state index in [-0.39, 0.29) is 11.5 Å². The Kier molecular flexibility index (Phi) is 4.72. The summed E-state index contributed by atoms with van der Waals surface area (Å²) in [4.78, 5) is 30.0. The highest BCUT2D eigenvalue weighted by atomic mass is 32.1. The highest BCUT2D eigenvalue weighted by Gasteiger charge is 2.26. The Morgan fingerprint density at radius 1 is 1.40 bits per heavy atom. The molecule has 7 heteroatoms. The Morgan fingerprint density at radius 2 is 2.05 bits per heavy atom. The summed E-state index contributed by atoms with van der Waals surface area (Å²) in [5.74, 6) is -0.743. The second-order valence-corrected chi connectivity index (χ2v) is 5.65. The molecule has 110 valence electrons. The number of thiazole rings is 1. The van der Waals surface area contributed by atoms with Crippen LogP contribution in [0.2, 0.25) is 0 Å². The molecular weight excluding hydrogens is 280 g/mol. The first-order valence-electron chi connectivity index (χ1n) is 6.45. The molecule has 1 aliphatic rings. The first kappa shape index (κ1) is 14.9. The van der Waals surface area contributed by atoms with Crippen molar-refractivity contribution in [2.75, 3.05) is 32.3 Å². The molecule has 0 aliphatic carbocycles. The fourth-order valence-corrected chi connectivity index (χ4v) is 3.14. The van der Waals surface area contributed by atoms with Gasteiger partial charge in [0, 0.05) is 33.2 Å². The zero-order valence-electron chi connectivity index (χ0n) is 11.8. The molecule has 0 saturated carbocycles. The van der Waals surface area contributed by atoms with Crippen LogP contribution in [0.5, 0.6) is 0 Å². The predicted octanol–water partition coefficient (Wildman–Crippen LogP) is 1.75. The van der Waals surface area contributed by atoms with Crippen molar-refractivity contribution in [2.45, 2.75) is 25.8 Å². The van der Waals surface area contributed by atoms with Crippen molar-refractivity contribution in [1.82, 2.24) is 4.98 Å². The molecule has 1 fully saturated rings. The predicted molar refractivity (Wildman–Crippen MR) is 75.7 cm³/mol. The second-order valence-electron chi connectivity index (χ2n) is 4.68. The summed E-state index contributed by atoms with van der Waals surface area (Å²) in [5, 5.41) is 0.669. The molecule has 2 heterocycles. The molecule has 0 aromatic carbocycles. The molecule has 1 saturated heterocycles. The van der Waals surface area contributed by atoms with Gasteiger partial charge in [-0.2, -0.15) is 0 Å². The number of nitrogens with zero attached hydrogens (tertiary/aromatic N) is 2. The lowest BCUT2D eigenvalue weighted by atomic mass is 10.1. The first-order chi connectivity index (χ1) is 9.54. The number of ketones is 1. The minimum absolute atomic E-state index is 0.110. The zero-order valence-corrected chi connectivity index (χ0v) is 12.7. The van der Waals surface area contributed by atoms with Gasteiger partial charge in [0.2, 0.25) is 0 Å². The third-order valence-electron chi connectivity index (χ3n) is 3.35. The summed E-state index contributed by atoms with van der Waals surface area (Å²) < 4.78 is 10.0. The molecule has 1 aromatic rings. The van der Waals surface area contributed by atoms with Gasteiger partial charge in [-0.05, 0) is 12.8 Å². The van der Waals surface area contributed by atoms with Crippen molar-refractivity contribution in [3.8, 4) is 0 Å². The molecular formula is C13H18N2O4S. The Morgan fingerprint density at radius 3 is 2.60 bits per heavy atom. The average molecular weight is 298 g/mol. The van der Waals surface area contributed by atoms with Crippen molar-refractivity contribution in [1.29, 1.82) is 0 Å². The number of carbonyl (C=O) groups is 2. The second kappa shape index (κ2) is 6.32. The average Bonchev–Trinajstić information content (AvgIpc) is 2.92. The van der Waals surface area contributed by atoms with Crippen LogP contribution in [0, 0.1) is 0 Å². The lowest BCUT2D eigenvalue weighted by molar-refractivity contribution is 0.0591. The highest BCUT2D eigenvalue weighted by molar-refractivity contribution is 7.17. The standard InChI is InChI=1S/C13H18N2O4S/c1-8(16)11-10(12(17)18-3)14-13(20-11)15(2)9-4-6-19-7-5-9/h9H,4-7H2,1-3H3. The van der Waals surface area contributed by atoms with Crippen LogP contribution >= 0.6 is 11.3 Å². The number of Topliss-reactive ketones (excluding diaryl/α,β-unsaturated/α-hetero) is 1. The van der Waals surface area contributed by atoms with Crippen LogP contribution in [-0.4, -0.2) is 50.1 Å². The fraction of sp³-hybridized carbons (Fsp3) is 0.615. The molecule has 0 unspecified atom stereocenters. The summed E-state index contributed by atoms with van der Waals surface area (Å²) in [6.07, 6.45) is 1.83. The number of hydrogen-bond acceptors (Lipinski definition) is 7. The minimum Gasteiger partial charge on any atom is -0.464 e. The van der Waals surface area contributed by atoms with Crippen molar-refractivity contribution in [3.63, 3.8) is 0 Å². The summed E-state index contributed by atoms with van der Waals surface area (Å²) in [5.41, 5.74) is 0.110. The van der Waals surface area contributed by atoms with E-state index in [9.17, 15) is 9.59 Å². The fourth-order valence-electron chi connectivity index (χ4n) is 2.16. The van der Waals surface area contributed by atoms with Gasteiger partial charge in [0.15, 0.2) is 16.6 Å². The van der Waals surface area contributed by atoms with Gasteiger partial charge in [-0.15, -0.1) is 0 Å². The number of hydrogen-bond donors (Lipinski definition) is 0. The number of carbonyl (C=O) groups excluding carboxylic acids is 2. The van der Waals surface area contributed by atoms with E-state index >= 15 is 0 Å². The number of ether oxygens (including phenoxy) is 2. The smallest absolute Gasteiger partial charge is 0.358 e. The summed E-state index contributed by atoms with van der Waals surface area (Å²) in [7, 11) is 3.22. The van der Waals surface area contributed by atoms with Crippen molar-refractivity contribution < 1.29 is 19.1 Å². The molecule has 0 atom stereocenters. The number of esters is 1. The van der Waals surface area contributed by atoms with Gasteiger partial charge in [-0.25, -0.2) is 9.78 Å². The summed E-state index contributed by atoms with van der Waals surface area (Å²) in [6.45, 7) is 2.88. The Balaban J connectivity index is 2.27. The number of aromatic nitrogens is 1. The van der Waals surface area contributed by atoms with Crippen LogP contribution in [0.15, 0.2) is 0 Å². The van der Waals surface area contributed by atoms with Crippen molar-refractivity contribution in [3.05, 3.63) is 10.6 Å². The molecule has 0 N–H and O–H groups in total. The highest BCUT2D eigenvalue weighted by Crippen LogP contribution is 2.29. The third kappa shape index (κ3) is 2.99. The minimum atomic E-state index is -0.571. The Hall–Kier alpha value is -1.47. The van der Waals surface area contributed by atoms with Crippen molar-refractivity contribution >= 4 is 28.2 Å². The van der Waals surface area contributed by atoms with Crippen LogP contribution in [0.1, 0.15) is 39.9 Å². The first-order valence-corrected chi connectivity index (χ1v) is 7.27. The van der Waals surface area contributed by atoms with Gasteiger partial charge < -0.3 is 14.4 Å². The van der Waals surface area contributed by atoms with E-state index in [0.29, 0.717) is 16.1 Å². The van der Waals surface area contributed by atoms with Gasteiger partial charge in [-0.1, -0.05) is 11.3 Å². The molecule has 1 aliphatic heterocycles. The third-order valence-corrected chi connectivity index (χ3v) is 4.60. The maximum Gasteiger partial charge on any atom is 0.358 e. The molecule has 1 aromatic heterocycles. The Bertz CT molecular complexity index is 508. The molecule has 0 spiro atoms. The molecule has 6 nitrogen and oxygen atoms in total. The number of anilines is 1. The zero-order chi connectivity index (χ0) is 14.7. The van der Waals surface area contributed by atoms with Gasteiger partial charge in [0.1, 0.15) is 4.88 Å². The van der Waals surface area contributed by atoms with E-state index in [4.69, 9.17) is 4.74 Å². The topological polar surface area (TPSA) is 68.7 Å². The van der Waals surface area contributed by atoms with E-state index in [1.807, 2.05) is 11.9 Å². The van der Waals surface area contributed by atoms with E-state index in [0.717, 1.165) is 26.1 Å². The van der Waals surface area contributed by atoms with Crippen LogP contribution in [-0.2, 0) is 9.47 Å². The van der Waals surface area contributed by atoms with Gasteiger partial charge >= 0.3 is 5.97 Å². The summed E-state index contributed by atoms with van der Waals surface area (Å²) in [6, 6.07) is 0.320. The van der Waals surface area contributed by atoms with Crippen LogP contribution in [0.3, 0.4) is 0 Å². The quantitative estimate of drug-likeness (QED) is 0.623. The molecule has 20 heavy (non-hydrogen) atoms. The van der Waals surface area contributed by atoms with Crippen LogP contribution in [0.4, 0.5) is 5.13 Å². The van der Waals surface area contributed by atoms with Gasteiger partial charge in [-0.3, -0.25) is 4.79 Å². The van der Waals surface area contributed by atoms with Crippen LogP contribution < -0.4 is 4.90 Å². The van der Waals surface area contributed by atoms with E-state index in [1.54, 1.807) is 0 Å². The monoisotopic (exact) mass is 298 g/mol. The molecule has 2 rings (SSSR count). The molecule has 0 radical (unpaired) electrons. The SMILES string of the molecule is COC(=O)c1nc(N(C)C2CCOCC2)sc1C(C)=O. The maximum absolute atomic E-state index is 11.7. The number of methoxy groups -OCH3 is 1. The van der Waals surface area contributed by atoms with E-state index in [1.165, 1.54) is 25.4 Å². The van der Waals surface area contributed by atoms with Crippen LogP contribution in [0.25, 0.3) is 0 Å². The summed E-state index contributed by atoms with van der Waals surface area (Å²) >= 11 is 1.24.